The number of oxime groups is 1. The van der Waals surface area contributed by atoms with Crippen LogP contribution < -0.4 is 0 Å². The second-order valence-electron chi connectivity index (χ2n) is 8.17. The molecule has 0 radical (unpaired) electrons. The third-order valence-electron chi connectivity index (χ3n) is 6.31. The number of aliphatic hydroxyl groups excluding tert-OH is 3. The highest BCUT2D eigenvalue weighted by atomic mass is 16.4. The van der Waals surface area contributed by atoms with Gasteiger partial charge in [0.1, 0.15) is 12.4 Å². The van der Waals surface area contributed by atoms with Gasteiger partial charge in [-0.1, -0.05) is 38.4 Å². The number of aldehydes is 1. The summed E-state index contributed by atoms with van der Waals surface area (Å²) in [5, 5.41) is 42.9. The molecule has 2 aliphatic carbocycles. The van der Waals surface area contributed by atoms with Gasteiger partial charge in [0.25, 0.3) is 0 Å². The fourth-order valence-corrected chi connectivity index (χ4v) is 4.64. The topological polar surface area (TPSA) is 110 Å². The molecule has 0 aromatic heterocycles. The zero-order valence-electron chi connectivity index (χ0n) is 17.8. The molecule has 1 fully saturated rings. The van der Waals surface area contributed by atoms with Crippen LogP contribution in [0, 0.1) is 23.7 Å². The minimum absolute atomic E-state index is 0.190. The van der Waals surface area contributed by atoms with Gasteiger partial charge in [-0.2, -0.15) is 0 Å². The number of allylic oxidation sites excluding steroid dienone is 2. The quantitative estimate of drug-likeness (QED) is 0.330. The van der Waals surface area contributed by atoms with E-state index in [1.165, 1.54) is 5.57 Å². The van der Waals surface area contributed by atoms with Crippen molar-refractivity contribution in [2.45, 2.75) is 91.0 Å². The first-order valence-electron chi connectivity index (χ1n) is 10.8. The highest BCUT2D eigenvalue weighted by Crippen LogP contribution is 2.45. The summed E-state index contributed by atoms with van der Waals surface area (Å²) >= 11 is 0. The summed E-state index contributed by atoms with van der Waals surface area (Å²) in [6, 6.07) is 0. The molecule has 0 bridgehead atoms. The fraction of sp³-hybridized carbons (Fsp3) is 0.818. The number of rotatable bonds is 4. The molecule has 0 heterocycles. The van der Waals surface area contributed by atoms with Gasteiger partial charge >= 0.3 is 0 Å². The van der Waals surface area contributed by atoms with Crippen molar-refractivity contribution < 1.29 is 25.3 Å². The van der Waals surface area contributed by atoms with E-state index in [0.29, 0.717) is 50.0 Å². The Kier molecular flexibility index (Phi) is 10.9. The number of carbonyl (C=O) groups excluding carboxylic acids is 1. The van der Waals surface area contributed by atoms with Gasteiger partial charge in [-0.15, -0.1) is 0 Å². The summed E-state index contributed by atoms with van der Waals surface area (Å²) in [4.78, 5) is 10.8. The summed E-state index contributed by atoms with van der Waals surface area (Å²) in [7, 11) is 0. The maximum atomic E-state index is 10.8. The number of nitrogens with zero attached hydrogens (tertiary/aromatic N) is 1. The van der Waals surface area contributed by atoms with E-state index in [0.717, 1.165) is 12.8 Å². The highest BCUT2D eigenvalue weighted by molar-refractivity contribution is 5.95. The van der Waals surface area contributed by atoms with Crippen LogP contribution in [0.3, 0.4) is 0 Å². The predicted octanol–water partition coefficient (Wildman–Crippen LogP) is 3.31. The number of fused-ring (bicyclic) bond motifs is 1. The van der Waals surface area contributed by atoms with Crippen molar-refractivity contribution in [3.8, 4) is 0 Å². The number of aliphatic hydroxyl groups is 3. The molecular formula is C22H39NO5. The van der Waals surface area contributed by atoms with E-state index < -0.39 is 18.3 Å². The summed E-state index contributed by atoms with van der Waals surface area (Å²) in [5.41, 5.74) is 1.71. The summed E-state index contributed by atoms with van der Waals surface area (Å²) < 4.78 is 0. The average Bonchev–Trinajstić information content (AvgIpc) is 2.70. The van der Waals surface area contributed by atoms with Crippen LogP contribution in [-0.2, 0) is 4.79 Å². The van der Waals surface area contributed by atoms with E-state index in [1.54, 1.807) is 0 Å². The molecule has 7 atom stereocenters. The first-order chi connectivity index (χ1) is 13.4. The molecule has 7 unspecified atom stereocenters. The summed E-state index contributed by atoms with van der Waals surface area (Å²) in [5.74, 6) is 1.06. The Morgan fingerprint density at radius 3 is 2.43 bits per heavy atom. The van der Waals surface area contributed by atoms with Crippen molar-refractivity contribution >= 4 is 12.0 Å². The Balaban J connectivity index is 0.00000190. The SMILES string of the molecule is CC.CC1CCC2/C(=C\C(=N/O)CCC(O)C(O)CC2C)C1CCC(O)C=O. The molecule has 162 valence electrons. The molecule has 1 saturated carbocycles. The number of carbonyl (C=O) groups is 1. The van der Waals surface area contributed by atoms with E-state index in [1.807, 2.05) is 19.9 Å². The second-order valence-corrected chi connectivity index (χ2v) is 8.17. The van der Waals surface area contributed by atoms with Gasteiger partial charge in [0.15, 0.2) is 0 Å². The van der Waals surface area contributed by atoms with Crippen LogP contribution in [0.25, 0.3) is 0 Å². The first-order valence-corrected chi connectivity index (χ1v) is 10.8. The Hall–Kier alpha value is -1.24. The second kappa shape index (κ2) is 12.3. The minimum atomic E-state index is -0.942. The molecule has 4 N–H and O–H groups in total. The molecular weight excluding hydrogens is 358 g/mol. The van der Waals surface area contributed by atoms with Crippen molar-refractivity contribution in [3.05, 3.63) is 11.6 Å². The van der Waals surface area contributed by atoms with Crippen molar-refractivity contribution in [1.29, 1.82) is 0 Å². The number of hydrogen-bond donors (Lipinski definition) is 4. The van der Waals surface area contributed by atoms with E-state index in [9.17, 15) is 25.3 Å². The molecule has 0 amide bonds. The Morgan fingerprint density at radius 1 is 1.14 bits per heavy atom. The van der Waals surface area contributed by atoms with Gasteiger partial charge < -0.3 is 25.3 Å². The standard InChI is InChI=1S/C20H33NO5.C2H6/c1-12-3-6-17-13(2)9-20(25)19(24)8-4-14(21-26)10-18(17)16(12)7-5-15(23)11-22;1-2/h10-13,15-17,19-20,23-26H,3-9H2,1-2H3;1-2H3/b18-10-,21-14-;. The van der Waals surface area contributed by atoms with Crippen molar-refractivity contribution in [3.63, 3.8) is 0 Å². The van der Waals surface area contributed by atoms with Gasteiger partial charge in [0.2, 0.25) is 0 Å². The van der Waals surface area contributed by atoms with E-state index >= 15 is 0 Å². The van der Waals surface area contributed by atoms with Gasteiger partial charge in [0.05, 0.1) is 17.9 Å². The maximum Gasteiger partial charge on any atom is 0.148 e. The van der Waals surface area contributed by atoms with E-state index in [4.69, 9.17) is 0 Å². The molecule has 0 aromatic rings. The van der Waals surface area contributed by atoms with Crippen LogP contribution in [0.4, 0.5) is 0 Å². The van der Waals surface area contributed by atoms with Crippen molar-refractivity contribution in [2.75, 3.05) is 0 Å². The zero-order valence-corrected chi connectivity index (χ0v) is 17.8. The van der Waals surface area contributed by atoms with E-state index in [2.05, 4.69) is 19.0 Å². The molecule has 0 spiro atoms. The lowest BCUT2D eigenvalue weighted by Crippen LogP contribution is -2.36. The monoisotopic (exact) mass is 397 g/mol. The van der Waals surface area contributed by atoms with Gasteiger partial charge in [-0.3, -0.25) is 0 Å². The van der Waals surface area contributed by atoms with Gasteiger partial charge in [0, 0.05) is 0 Å². The largest absolute Gasteiger partial charge is 0.411 e. The van der Waals surface area contributed by atoms with Crippen molar-refractivity contribution in [1.82, 2.24) is 0 Å². The van der Waals surface area contributed by atoms with Crippen LogP contribution in [0.2, 0.25) is 0 Å². The summed E-state index contributed by atoms with van der Waals surface area (Å²) in [6.45, 7) is 8.28. The molecule has 6 nitrogen and oxygen atoms in total. The van der Waals surface area contributed by atoms with Crippen LogP contribution >= 0.6 is 0 Å². The Bertz CT molecular complexity index is 533. The first kappa shape index (κ1) is 24.8. The molecule has 28 heavy (non-hydrogen) atoms. The third kappa shape index (κ3) is 6.68. The summed E-state index contributed by atoms with van der Waals surface area (Å²) in [6.07, 6.45) is 4.44. The number of hydrogen-bond acceptors (Lipinski definition) is 6. The Labute approximate surface area is 169 Å². The van der Waals surface area contributed by atoms with Crippen LogP contribution in [0.15, 0.2) is 16.8 Å². The van der Waals surface area contributed by atoms with Crippen LogP contribution in [-0.4, -0.2) is 50.8 Å². The van der Waals surface area contributed by atoms with Crippen LogP contribution in [0.5, 0.6) is 0 Å². The van der Waals surface area contributed by atoms with Gasteiger partial charge in [-0.05, 0) is 74.7 Å². The molecule has 0 aliphatic heterocycles. The van der Waals surface area contributed by atoms with E-state index in [-0.39, 0.29) is 17.8 Å². The molecule has 2 rings (SSSR count). The predicted molar refractivity (Wildman–Crippen MR) is 110 cm³/mol. The zero-order chi connectivity index (χ0) is 21.3. The molecule has 0 aromatic carbocycles. The Morgan fingerprint density at radius 2 is 1.82 bits per heavy atom. The lowest BCUT2D eigenvalue weighted by Gasteiger charge is -2.41. The molecule has 2 aliphatic rings. The van der Waals surface area contributed by atoms with Gasteiger partial charge in [-0.25, -0.2) is 0 Å². The average molecular weight is 398 g/mol. The maximum absolute atomic E-state index is 10.8. The smallest absolute Gasteiger partial charge is 0.148 e. The highest BCUT2D eigenvalue weighted by Gasteiger charge is 2.37. The minimum Gasteiger partial charge on any atom is -0.411 e. The fourth-order valence-electron chi connectivity index (χ4n) is 4.64. The molecule has 6 heteroatoms. The molecule has 0 saturated heterocycles. The third-order valence-corrected chi connectivity index (χ3v) is 6.31. The lowest BCUT2D eigenvalue weighted by molar-refractivity contribution is -0.115. The van der Waals surface area contributed by atoms with Crippen molar-refractivity contribution in [2.24, 2.45) is 28.8 Å². The van der Waals surface area contributed by atoms with Crippen LogP contribution in [0.1, 0.15) is 72.6 Å². The normalized spacial score (nSPS) is 38.2. The lowest BCUT2D eigenvalue weighted by atomic mass is 9.64.